The third-order valence-electron chi connectivity index (χ3n) is 4.66. The summed E-state index contributed by atoms with van der Waals surface area (Å²) >= 11 is 0. The fourth-order valence-electron chi connectivity index (χ4n) is 2.72. The third kappa shape index (κ3) is 4.21. The number of carbonyl (C=O) groups excluding carboxylic acids is 2. The van der Waals surface area contributed by atoms with Gasteiger partial charge in [0.15, 0.2) is 0 Å². The van der Waals surface area contributed by atoms with Crippen LogP contribution < -0.4 is 5.32 Å². The molecule has 0 aromatic heterocycles. The van der Waals surface area contributed by atoms with Gasteiger partial charge in [0.05, 0.1) is 0 Å². The first-order valence-electron chi connectivity index (χ1n) is 8.20. The Morgan fingerprint density at radius 3 is 2.19 bits per heavy atom. The molecule has 4 nitrogen and oxygen atoms in total. The topological polar surface area (TPSA) is 49.4 Å². The highest BCUT2D eigenvalue weighted by Crippen LogP contribution is 2.29. The van der Waals surface area contributed by atoms with Crippen LogP contribution in [0.5, 0.6) is 0 Å². The highest BCUT2D eigenvalue weighted by Gasteiger charge is 2.42. The van der Waals surface area contributed by atoms with Gasteiger partial charge in [-0.25, -0.2) is 0 Å². The fourth-order valence-corrected chi connectivity index (χ4v) is 2.72. The zero-order valence-corrected chi connectivity index (χ0v) is 14.7. The summed E-state index contributed by atoms with van der Waals surface area (Å²) in [5.41, 5.74) is 0.121. The molecule has 1 aliphatic rings. The Labute approximate surface area is 129 Å². The Morgan fingerprint density at radius 2 is 1.76 bits per heavy atom. The van der Waals surface area contributed by atoms with Crippen LogP contribution in [-0.2, 0) is 9.59 Å². The molecule has 3 unspecified atom stereocenters. The van der Waals surface area contributed by atoms with Gasteiger partial charge in [-0.3, -0.25) is 9.59 Å². The maximum atomic E-state index is 12.7. The van der Waals surface area contributed by atoms with Crippen molar-refractivity contribution >= 4 is 11.8 Å². The second-order valence-electron chi connectivity index (χ2n) is 7.80. The number of nitrogens with one attached hydrogen (secondary N) is 1. The molecule has 0 aliphatic carbocycles. The van der Waals surface area contributed by atoms with Crippen LogP contribution in [-0.4, -0.2) is 35.3 Å². The highest BCUT2D eigenvalue weighted by molar-refractivity contribution is 5.97. The van der Waals surface area contributed by atoms with Gasteiger partial charge >= 0.3 is 0 Å². The predicted molar refractivity (Wildman–Crippen MR) is 85.8 cm³/mol. The summed E-state index contributed by atoms with van der Waals surface area (Å²) in [7, 11) is 0. The van der Waals surface area contributed by atoms with Crippen LogP contribution in [0.3, 0.4) is 0 Å². The molecule has 21 heavy (non-hydrogen) atoms. The van der Waals surface area contributed by atoms with Crippen molar-refractivity contribution < 1.29 is 9.59 Å². The van der Waals surface area contributed by atoms with Crippen molar-refractivity contribution in [3.8, 4) is 0 Å². The van der Waals surface area contributed by atoms with Crippen molar-refractivity contribution in [3.63, 3.8) is 0 Å². The number of nitrogens with zero attached hydrogens (tertiary/aromatic N) is 1. The molecule has 1 saturated heterocycles. The third-order valence-corrected chi connectivity index (χ3v) is 4.66. The van der Waals surface area contributed by atoms with Gasteiger partial charge in [0.2, 0.25) is 11.8 Å². The Balaban J connectivity index is 3.00. The van der Waals surface area contributed by atoms with Gasteiger partial charge in [-0.2, -0.15) is 0 Å². The van der Waals surface area contributed by atoms with Crippen molar-refractivity contribution in [3.05, 3.63) is 0 Å². The molecule has 1 fully saturated rings. The summed E-state index contributed by atoms with van der Waals surface area (Å²) in [5.74, 6) is 0.565. The summed E-state index contributed by atoms with van der Waals surface area (Å²) in [5, 5.41) is 2.91. The molecular weight excluding hydrogens is 264 g/mol. The van der Waals surface area contributed by atoms with Crippen LogP contribution in [0.1, 0.15) is 61.3 Å². The van der Waals surface area contributed by atoms with Gasteiger partial charge < -0.3 is 10.2 Å². The maximum absolute atomic E-state index is 12.7. The van der Waals surface area contributed by atoms with Crippen molar-refractivity contribution in [2.45, 2.75) is 73.4 Å². The molecular formula is C17H32N2O2. The van der Waals surface area contributed by atoms with Gasteiger partial charge in [0, 0.05) is 6.54 Å². The van der Waals surface area contributed by atoms with E-state index in [1.165, 1.54) is 0 Å². The fraction of sp³-hybridized carbons (Fsp3) is 0.882. The normalized spacial score (nSPS) is 25.2. The monoisotopic (exact) mass is 296 g/mol. The largest absolute Gasteiger partial charge is 0.342 e. The molecule has 0 bridgehead atoms. The molecule has 0 aromatic rings. The van der Waals surface area contributed by atoms with E-state index < -0.39 is 0 Å². The van der Waals surface area contributed by atoms with E-state index in [9.17, 15) is 9.59 Å². The first-order chi connectivity index (χ1) is 9.59. The smallest absolute Gasteiger partial charge is 0.245 e. The SMILES string of the molecule is CCCC1NC(=O)C(C(C)C)N(CC(C)C(C)(C)C)C1=O. The van der Waals surface area contributed by atoms with Crippen LogP contribution in [0.4, 0.5) is 0 Å². The molecule has 0 radical (unpaired) electrons. The van der Waals surface area contributed by atoms with Crippen molar-refractivity contribution in [2.24, 2.45) is 17.3 Å². The van der Waals surface area contributed by atoms with Gasteiger partial charge in [0.1, 0.15) is 12.1 Å². The molecule has 2 amide bonds. The Kier molecular flexibility index (Phi) is 5.83. The van der Waals surface area contributed by atoms with Crippen LogP contribution in [0.25, 0.3) is 0 Å². The van der Waals surface area contributed by atoms with Crippen molar-refractivity contribution in [1.82, 2.24) is 10.2 Å². The minimum atomic E-state index is -0.343. The minimum absolute atomic E-state index is 0.00385. The summed E-state index contributed by atoms with van der Waals surface area (Å²) in [6.45, 7) is 15.4. The number of hydrogen-bond acceptors (Lipinski definition) is 2. The number of amides is 2. The molecule has 1 N–H and O–H groups in total. The van der Waals surface area contributed by atoms with E-state index in [1.807, 2.05) is 25.7 Å². The van der Waals surface area contributed by atoms with Crippen molar-refractivity contribution in [2.75, 3.05) is 6.54 Å². The van der Waals surface area contributed by atoms with Crippen molar-refractivity contribution in [1.29, 1.82) is 0 Å². The lowest BCUT2D eigenvalue weighted by Gasteiger charge is -2.43. The Hall–Kier alpha value is -1.06. The lowest BCUT2D eigenvalue weighted by Crippen LogP contribution is -2.65. The van der Waals surface area contributed by atoms with Gasteiger partial charge in [0.25, 0.3) is 0 Å². The standard InChI is InChI=1S/C17H32N2O2/c1-8-9-13-16(21)19(10-12(4)17(5,6)7)14(11(2)3)15(20)18-13/h11-14H,8-10H2,1-7H3,(H,18,20). The molecule has 1 heterocycles. The summed E-state index contributed by atoms with van der Waals surface area (Å²) in [4.78, 5) is 27.0. The van der Waals surface area contributed by atoms with E-state index in [2.05, 4.69) is 33.0 Å². The van der Waals surface area contributed by atoms with E-state index in [4.69, 9.17) is 0 Å². The summed E-state index contributed by atoms with van der Waals surface area (Å²) < 4.78 is 0. The zero-order chi connectivity index (χ0) is 16.4. The minimum Gasteiger partial charge on any atom is -0.342 e. The average molecular weight is 296 g/mol. The number of rotatable bonds is 5. The van der Waals surface area contributed by atoms with Crippen LogP contribution in [0.15, 0.2) is 0 Å². The van der Waals surface area contributed by atoms with Gasteiger partial charge in [-0.1, -0.05) is 54.9 Å². The molecule has 3 atom stereocenters. The van der Waals surface area contributed by atoms with E-state index >= 15 is 0 Å². The predicted octanol–water partition coefficient (Wildman–Crippen LogP) is 2.82. The first-order valence-corrected chi connectivity index (χ1v) is 8.20. The molecule has 0 saturated carbocycles. The summed E-state index contributed by atoms with van der Waals surface area (Å²) in [6.07, 6.45) is 1.61. The van der Waals surface area contributed by atoms with Crippen LogP contribution >= 0.6 is 0 Å². The average Bonchev–Trinajstić information content (AvgIpc) is 2.33. The zero-order valence-electron chi connectivity index (χ0n) is 14.7. The lowest BCUT2D eigenvalue weighted by molar-refractivity contribution is -0.152. The Bertz CT molecular complexity index is 385. The van der Waals surface area contributed by atoms with E-state index in [0.717, 1.165) is 12.8 Å². The molecule has 4 heteroatoms. The number of hydrogen-bond donors (Lipinski definition) is 1. The lowest BCUT2D eigenvalue weighted by atomic mass is 9.81. The molecule has 0 spiro atoms. The van der Waals surface area contributed by atoms with Gasteiger partial charge in [-0.15, -0.1) is 0 Å². The summed E-state index contributed by atoms with van der Waals surface area (Å²) in [6, 6.07) is -0.680. The molecule has 1 aliphatic heterocycles. The number of carbonyl (C=O) groups is 2. The molecule has 0 aromatic carbocycles. The quantitative estimate of drug-likeness (QED) is 0.848. The second-order valence-corrected chi connectivity index (χ2v) is 7.80. The first kappa shape index (κ1) is 18.0. The van der Waals surface area contributed by atoms with Crippen LogP contribution in [0, 0.1) is 17.3 Å². The van der Waals surface area contributed by atoms with E-state index in [1.54, 1.807) is 0 Å². The van der Waals surface area contributed by atoms with E-state index in [0.29, 0.717) is 12.5 Å². The molecule has 1 rings (SSSR count). The highest BCUT2D eigenvalue weighted by atomic mass is 16.2. The van der Waals surface area contributed by atoms with Gasteiger partial charge in [-0.05, 0) is 23.7 Å². The number of piperazine rings is 1. The molecule has 122 valence electrons. The Morgan fingerprint density at radius 1 is 1.19 bits per heavy atom. The van der Waals surface area contributed by atoms with Crippen LogP contribution in [0.2, 0.25) is 0 Å². The van der Waals surface area contributed by atoms with E-state index in [-0.39, 0.29) is 35.2 Å². The second kappa shape index (κ2) is 6.80. The maximum Gasteiger partial charge on any atom is 0.245 e.